The summed E-state index contributed by atoms with van der Waals surface area (Å²) in [6.45, 7) is 1.76. The maximum absolute atomic E-state index is 14.6. The highest BCUT2D eigenvalue weighted by Crippen LogP contribution is 2.28. The Balaban J connectivity index is 1.76. The number of carbonyl (C=O) groups is 2. The lowest BCUT2D eigenvalue weighted by atomic mass is 10.1. The van der Waals surface area contributed by atoms with Crippen LogP contribution in [0.2, 0.25) is 0 Å². The van der Waals surface area contributed by atoms with E-state index >= 15 is 0 Å². The first-order chi connectivity index (χ1) is 13.4. The number of rotatable bonds is 5. The minimum absolute atomic E-state index is 0.188. The van der Waals surface area contributed by atoms with Gasteiger partial charge in [-0.25, -0.2) is 9.18 Å². The van der Waals surface area contributed by atoms with Gasteiger partial charge in [0.05, 0.1) is 18.8 Å². The fourth-order valence-electron chi connectivity index (χ4n) is 2.76. The van der Waals surface area contributed by atoms with Crippen LogP contribution in [0.5, 0.6) is 0 Å². The van der Waals surface area contributed by atoms with Crippen LogP contribution in [-0.4, -0.2) is 47.2 Å². The third-order valence-electron chi connectivity index (χ3n) is 4.16. The topological polar surface area (TPSA) is 128 Å². The summed E-state index contributed by atoms with van der Waals surface area (Å²) in [5, 5.41) is 18.7. The molecule has 9 nitrogen and oxygen atoms in total. The molecule has 0 aliphatic carbocycles. The lowest BCUT2D eigenvalue weighted by molar-refractivity contribution is -0.119. The number of hydroxylamine groups is 1. The number of anilines is 1. The van der Waals surface area contributed by atoms with Gasteiger partial charge in [0, 0.05) is 24.2 Å². The van der Waals surface area contributed by atoms with Crippen molar-refractivity contribution in [1.82, 2.24) is 15.8 Å². The molecule has 1 aromatic heterocycles. The molecule has 1 aromatic carbocycles. The summed E-state index contributed by atoms with van der Waals surface area (Å²) in [4.78, 5) is 28.3. The highest BCUT2D eigenvalue weighted by molar-refractivity contribution is 5.94. The van der Waals surface area contributed by atoms with Gasteiger partial charge in [0.2, 0.25) is 5.91 Å². The minimum Gasteiger partial charge on any atom is -0.442 e. The van der Waals surface area contributed by atoms with Gasteiger partial charge in [0.15, 0.2) is 5.84 Å². The number of nitrogens with one attached hydrogen (secondary N) is 3. The number of cyclic esters (lactones) is 1. The Morgan fingerprint density at radius 3 is 2.82 bits per heavy atom. The summed E-state index contributed by atoms with van der Waals surface area (Å²) >= 11 is 0. The molecule has 0 unspecified atom stereocenters. The van der Waals surface area contributed by atoms with Crippen LogP contribution in [-0.2, 0) is 9.53 Å². The van der Waals surface area contributed by atoms with Crippen LogP contribution in [0.1, 0.15) is 12.6 Å². The van der Waals surface area contributed by atoms with E-state index in [1.54, 1.807) is 17.6 Å². The van der Waals surface area contributed by atoms with Crippen LogP contribution in [0.15, 0.2) is 36.5 Å². The number of ether oxygens (including phenoxy) is 1. The van der Waals surface area contributed by atoms with E-state index in [2.05, 4.69) is 10.3 Å². The molecular formula is C18H18FN5O4. The van der Waals surface area contributed by atoms with Crippen LogP contribution in [0, 0.1) is 11.2 Å². The highest BCUT2D eigenvalue weighted by Gasteiger charge is 2.32. The number of nitrogens with zero attached hydrogens (tertiary/aromatic N) is 2. The second-order valence-electron chi connectivity index (χ2n) is 6.14. The largest absolute Gasteiger partial charge is 0.442 e. The Morgan fingerprint density at radius 2 is 2.21 bits per heavy atom. The van der Waals surface area contributed by atoms with Crippen molar-refractivity contribution in [3.8, 4) is 11.1 Å². The molecule has 0 bridgehead atoms. The van der Waals surface area contributed by atoms with Crippen molar-refractivity contribution >= 4 is 23.5 Å². The van der Waals surface area contributed by atoms with Gasteiger partial charge in [-0.3, -0.25) is 30.8 Å². The predicted molar refractivity (Wildman–Crippen MR) is 97.7 cm³/mol. The Labute approximate surface area is 159 Å². The molecule has 4 N–H and O–H groups in total. The molecule has 1 aliphatic heterocycles. The van der Waals surface area contributed by atoms with Crippen LogP contribution in [0.4, 0.5) is 14.9 Å². The molecule has 2 amide bonds. The van der Waals surface area contributed by atoms with Gasteiger partial charge in [0.25, 0.3) is 0 Å². The van der Waals surface area contributed by atoms with E-state index in [-0.39, 0.29) is 36.1 Å². The molecule has 0 spiro atoms. The standard InChI is InChI=1S/C18H18FN5O4/c1-10(25)21-8-13-9-24(18(26)28-13)12-3-4-14(15(19)6-12)11-2-5-16(22-7-11)17(20)23-27/h2-7,13,27H,8-9H2,1H3,(H2,20,23)(H,21,25)/t13-/m0/s1. The molecule has 0 radical (unpaired) electrons. The van der Waals surface area contributed by atoms with E-state index in [1.807, 2.05) is 0 Å². The normalized spacial score (nSPS) is 15.9. The number of amidine groups is 1. The number of amides is 2. The molecule has 1 aliphatic rings. The van der Waals surface area contributed by atoms with Gasteiger partial charge in [0.1, 0.15) is 17.6 Å². The van der Waals surface area contributed by atoms with E-state index in [0.29, 0.717) is 11.3 Å². The van der Waals surface area contributed by atoms with Gasteiger partial charge in [-0.1, -0.05) is 6.07 Å². The third-order valence-corrected chi connectivity index (χ3v) is 4.16. The van der Waals surface area contributed by atoms with Gasteiger partial charge in [-0.2, -0.15) is 0 Å². The van der Waals surface area contributed by atoms with Gasteiger partial charge >= 0.3 is 6.09 Å². The third kappa shape index (κ3) is 4.07. The summed E-state index contributed by atoms with van der Waals surface area (Å²) < 4.78 is 19.8. The molecule has 3 rings (SSSR count). The monoisotopic (exact) mass is 387 g/mol. The van der Waals surface area contributed by atoms with E-state index in [1.165, 1.54) is 36.2 Å². The summed E-state index contributed by atoms with van der Waals surface area (Å²) in [5.41, 5.74) is 2.98. The molecule has 28 heavy (non-hydrogen) atoms. The van der Waals surface area contributed by atoms with Crippen LogP contribution < -0.4 is 15.7 Å². The molecule has 1 saturated heterocycles. The first kappa shape index (κ1) is 19.2. The first-order valence-corrected chi connectivity index (χ1v) is 8.36. The van der Waals surface area contributed by atoms with Crippen molar-refractivity contribution in [3.63, 3.8) is 0 Å². The number of hydrogen-bond acceptors (Lipinski definition) is 6. The van der Waals surface area contributed by atoms with Crippen LogP contribution in [0.25, 0.3) is 11.1 Å². The average Bonchev–Trinajstić information content (AvgIpc) is 3.06. The van der Waals surface area contributed by atoms with Gasteiger partial charge in [-0.05, 0) is 24.3 Å². The van der Waals surface area contributed by atoms with Crippen molar-refractivity contribution in [2.24, 2.45) is 0 Å². The molecule has 1 fully saturated rings. The fourth-order valence-corrected chi connectivity index (χ4v) is 2.76. The Morgan fingerprint density at radius 1 is 1.43 bits per heavy atom. The zero-order chi connectivity index (χ0) is 20.3. The number of carbonyl (C=O) groups excluding carboxylic acids is 2. The van der Waals surface area contributed by atoms with Gasteiger partial charge < -0.3 is 10.1 Å². The number of pyridine rings is 1. The maximum Gasteiger partial charge on any atom is 0.414 e. The molecule has 146 valence electrons. The number of benzene rings is 1. The van der Waals surface area contributed by atoms with E-state index in [9.17, 15) is 14.0 Å². The number of aromatic nitrogens is 1. The Hall–Kier alpha value is -3.53. The second kappa shape index (κ2) is 8.01. The van der Waals surface area contributed by atoms with Crippen LogP contribution in [0.3, 0.4) is 0 Å². The minimum atomic E-state index is -0.608. The SMILES string of the molecule is CC(=O)NC[C@H]1CN(c2ccc(-c3ccc(C(=N)NO)nc3)c(F)c2)C(=O)O1. The molecule has 0 saturated carbocycles. The smallest absolute Gasteiger partial charge is 0.414 e. The second-order valence-corrected chi connectivity index (χ2v) is 6.14. The van der Waals surface area contributed by atoms with Crippen molar-refractivity contribution < 1.29 is 23.9 Å². The Kier molecular flexibility index (Phi) is 5.50. The zero-order valence-electron chi connectivity index (χ0n) is 14.9. The van der Waals surface area contributed by atoms with E-state index in [4.69, 9.17) is 15.4 Å². The highest BCUT2D eigenvalue weighted by atomic mass is 19.1. The average molecular weight is 387 g/mol. The number of hydrogen-bond donors (Lipinski definition) is 4. The van der Waals surface area contributed by atoms with Gasteiger partial charge in [-0.15, -0.1) is 0 Å². The number of halogens is 1. The molecule has 2 aromatic rings. The van der Waals surface area contributed by atoms with Crippen molar-refractivity contribution in [1.29, 1.82) is 5.41 Å². The predicted octanol–water partition coefficient (Wildman–Crippen LogP) is 1.65. The molecule has 2 heterocycles. The summed E-state index contributed by atoms with van der Waals surface area (Å²) in [5.74, 6) is -1.06. The van der Waals surface area contributed by atoms with Crippen molar-refractivity contribution in [3.05, 3.63) is 48.0 Å². The lowest BCUT2D eigenvalue weighted by Crippen LogP contribution is -2.33. The van der Waals surface area contributed by atoms with Crippen molar-refractivity contribution in [2.45, 2.75) is 13.0 Å². The summed E-state index contributed by atoms with van der Waals surface area (Å²) in [6.07, 6.45) is 0.266. The fraction of sp³-hybridized carbons (Fsp3) is 0.222. The van der Waals surface area contributed by atoms with E-state index < -0.39 is 18.0 Å². The quantitative estimate of drug-likeness (QED) is 0.351. The first-order valence-electron chi connectivity index (χ1n) is 8.36. The molecular weight excluding hydrogens is 369 g/mol. The molecule has 1 atom stereocenters. The maximum atomic E-state index is 14.6. The lowest BCUT2D eigenvalue weighted by Gasteiger charge is -2.14. The van der Waals surface area contributed by atoms with Crippen molar-refractivity contribution in [2.75, 3.05) is 18.0 Å². The van der Waals surface area contributed by atoms with E-state index in [0.717, 1.165) is 0 Å². The molecule has 10 heteroatoms. The summed E-state index contributed by atoms with van der Waals surface area (Å²) in [7, 11) is 0. The Bertz CT molecular complexity index is 919. The van der Waals surface area contributed by atoms with Crippen LogP contribution >= 0.6 is 0 Å². The summed E-state index contributed by atoms with van der Waals surface area (Å²) in [6, 6.07) is 7.37. The zero-order valence-corrected chi connectivity index (χ0v) is 14.9.